The average molecular weight is 398 g/mol. The van der Waals surface area contributed by atoms with Crippen LogP contribution in [0.15, 0.2) is 47.6 Å². The van der Waals surface area contributed by atoms with Gasteiger partial charge in [-0.2, -0.15) is 0 Å². The minimum Gasteiger partial charge on any atom is -0.493 e. The molecule has 7 heteroatoms. The first kappa shape index (κ1) is 19.9. The summed E-state index contributed by atoms with van der Waals surface area (Å²) in [5, 5.41) is 9.55. The van der Waals surface area contributed by atoms with Gasteiger partial charge in [-0.1, -0.05) is 47.7 Å². The van der Waals surface area contributed by atoms with Crippen LogP contribution in [0.4, 0.5) is 0 Å². The van der Waals surface area contributed by atoms with Crippen LogP contribution in [-0.4, -0.2) is 40.5 Å². The fraction of sp³-hybridized carbons (Fsp3) is 0.286. The molecule has 1 aromatic heterocycles. The van der Waals surface area contributed by atoms with Gasteiger partial charge in [-0.15, -0.1) is 10.2 Å². The Balaban J connectivity index is 1.66. The van der Waals surface area contributed by atoms with Crippen LogP contribution in [0.3, 0.4) is 0 Å². The number of para-hydroxylation sites is 1. The number of methoxy groups -OCH3 is 1. The molecule has 3 rings (SSSR count). The molecule has 6 nitrogen and oxygen atoms in total. The van der Waals surface area contributed by atoms with Gasteiger partial charge in [0.2, 0.25) is 0 Å². The standard InChI is InChI=1S/C21H23N3O3S/c1-4-24-20(16-10-8-15(2)9-11-16)22-23-21(24)28-13-12-27-19-17(14-25)6-5-7-18(19)26-3/h5-11,14H,4,12-13H2,1-3H3. The first-order valence-electron chi connectivity index (χ1n) is 9.06. The summed E-state index contributed by atoms with van der Waals surface area (Å²) in [7, 11) is 1.56. The lowest BCUT2D eigenvalue weighted by molar-refractivity contribution is 0.111. The molecule has 0 aliphatic rings. The van der Waals surface area contributed by atoms with E-state index < -0.39 is 0 Å². The third-order valence-corrected chi connectivity index (χ3v) is 5.19. The normalized spacial score (nSPS) is 10.7. The van der Waals surface area contributed by atoms with Crippen LogP contribution in [-0.2, 0) is 6.54 Å². The third-order valence-electron chi connectivity index (χ3n) is 4.26. The molecule has 0 fully saturated rings. The van der Waals surface area contributed by atoms with E-state index in [4.69, 9.17) is 9.47 Å². The predicted molar refractivity (Wildman–Crippen MR) is 110 cm³/mol. The van der Waals surface area contributed by atoms with E-state index in [1.807, 2.05) is 0 Å². The molecule has 0 aliphatic heterocycles. The number of ether oxygens (including phenoxy) is 2. The number of nitrogens with zero attached hydrogens (tertiary/aromatic N) is 3. The van der Waals surface area contributed by atoms with Crippen LogP contribution in [0.25, 0.3) is 11.4 Å². The molecule has 0 atom stereocenters. The van der Waals surface area contributed by atoms with E-state index in [-0.39, 0.29) is 0 Å². The van der Waals surface area contributed by atoms with Gasteiger partial charge in [0.15, 0.2) is 28.8 Å². The fourth-order valence-electron chi connectivity index (χ4n) is 2.81. The van der Waals surface area contributed by atoms with Crippen LogP contribution in [0, 0.1) is 6.92 Å². The van der Waals surface area contributed by atoms with Crippen LogP contribution < -0.4 is 9.47 Å². The Morgan fingerprint density at radius 3 is 2.61 bits per heavy atom. The van der Waals surface area contributed by atoms with E-state index >= 15 is 0 Å². The molecule has 2 aromatic carbocycles. The Morgan fingerprint density at radius 1 is 1.14 bits per heavy atom. The molecule has 0 spiro atoms. The summed E-state index contributed by atoms with van der Waals surface area (Å²) in [6.07, 6.45) is 0.770. The fourth-order valence-corrected chi connectivity index (χ4v) is 3.63. The molecule has 3 aromatic rings. The molecule has 0 N–H and O–H groups in total. The molecule has 0 bridgehead atoms. The Bertz CT molecular complexity index is 939. The SMILES string of the molecule is CCn1c(SCCOc2c(C=O)cccc2OC)nnc1-c1ccc(C)cc1. The largest absolute Gasteiger partial charge is 0.493 e. The Kier molecular flexibility index (Phi) is 6.71. The molecular weight excluding hydrogens is 374 g/mol. The summed E-state index contributed by atoms with van der Waals surface area (Å²) in [5.74, 6) is 2.55. The summed E-state index contributed by atoms with van der Waals surface area (Å²) in [6.45, 7) is 5.34. The van der Waals surface area contributed by atoms with Crippen molar-refractivity contribution in [1.29, 1.82) is 0 Å². The molecule has 0 saturated heterocycles. The van der Waals surface area contributed by atoms with Crippen molar-refractivity contribution in [3.63, 3.8) is 0 Å². The minimum absolute atomic E-state index is 0.419. The number of benzene rings is 2. The van der Waals surface area contributed by atoms with Gasteiger partial charge >= 0.3 is 0 Å². The lowest BCUT2D eigenvalue weighted by Gasteiger charge is -2.12. The second kappa shape index (κ2) is 9.41. The van der Waals surface area contributed by atoms with E-state index in [0.717, 1.165) is 29.4 Å². The first-order valence-corrected chi connectivity index (χ1v) is 10.0. The van der Waals surface area contributed by atoms with Gasteiger partial charge < -0.3 is 14.0 Å². The Hall–Kier alpha value is -2.80. The van der Waals surface area contributed by atoms with E-state index in [2.05, 4.69) is 52.9 Å². The highest BCUT2D eigenvalue weighted by Gasteiger charge is 2.14. The number of aldehydes is 1. The summed E-state index contributed by atoms with van der Waals surface area (Å²) >= 11 is 1.57. The van der Waals surface area contributed by atoms with Gasteiger partial charge in [-0.25, -0.2) is 0 Å². The zero-order valence-corrected chi connectivity index (χ0v) is 17.0. The van der Waals surface area contributed by atoms with E-state index in [9.17, 15) is 4.79 Å². The van der Waals surface area contributed by atoms with Gasteiger partial charge in [-0.3, -0.25) is 4.79 Å². The molecule has 28 heavy (non-hydrogen) atoms. The van der Waals surface area contributed by atoms with Crippen LogP contribution in [0.2, 0.25) is 0 Å². The second-order valence-corrected chi connectivity index (χ2v) is 7.17. The molecule has 0 unspecified atom stereocenters. The summed E-state index contributed by atoms with van der Waals surface area (Å²) in [5.41, 5.74) is 2.74. The number of aromatic nitrogens is 3. The van der Waals surface area contributed by atoms with Crippen LogP contribution in [0.1, 0.15) is 22.8 Å². The highest BCUT2D eigenvalue weighted by molar-refractivity contribution is 7.99. The van der Waals surface area contributed by atoms with Crippen LogP contribution >= 0.6 is 11.8 Å². The summed E-state index contributed by atoms with van der Waals surface area (Å²) in [4.78, 5) is 11.2. The first-order chi connectivity index (χ1) is 13.7. The van der Waals surface area contributed by atoms with E-state index in [1.54, 1.807) is 37.1 Å². The third kappa shape index (κ3) is 4.36. The van der Waals surface area contributed by atoms with Crippen molar-refractivity contribution in [2.24, 2.45) is 0 Å². The smallest absolute Gasteiger partial charge is 0.191 e. The number of carbonyl (C=O) groups excluding carboxylic acids is 1. The van der Waals surface area contributed by atoms with Gasteiger partial charge in [0.05, 0.1) is 19.3 Å². The average Bonchev–Trinajstić information content (AvgIpc) is 3.14. The summed E-state index contributed by atoms with van der Waals surface area (Å²) in [6, 6.07) is 13.5. The van der Waals surface area contributed by atoms with Crippen molar-refractivity contribution in [1.82, 2.24) is 14.8 Å². The molecular formula is C21H23N3O3S. The minimum atomic E-state index is 0.419. The number of hydrogen-bond donors (Lipinski definition) is 0. The summed E-state index contributed by atoms with van der Waals surface area (Å²) < 4.78 is 13.2. The maximum Gasteiger partial charge on any atom is 0.191 e. The number of hydrogen-bond acceptors (Lipinski definition) is 6. The monoisotopic (exact) mass is 397 g/mol. The Labute approximate surface area is 168 Å². The zero-order valence-electron chi connectivity index (χ0n) is 16.2. The van der Waals surface area contributed by atoms with Gasteiger partial charge in [0, 0.05) is 17.9 Å². The number of rotatable bonds is 9. The van der Waals surface area contributed by atoms with Gasteiger partial charge in [0.25, 0.3) is 0 Å². The lowest BCUT2D eigenvalue weighted by atomic mass is 10.1. The quantitative estimate of drug-likeness (QED) is 0.305. The van der Waals surface area contributed by atoms with Crippen molar-refractivity contribution in [3.8, 4) is 22.9 Å². The van der Waals surface area contributed by atoms with Crippen molar-refractivity contribution in [2.75, 3.05) is 19.5 Å². The zero-order chi connectivity index (χ0) is 19.9. The van der Waals surface area contributed by atoms with Crippen molar-refractivity contribution in [3.05, 3.63) is 53.6 Å². The van der Waals surface area contributed by atoms with Gasteiger partial charge in [-0.05, 0) is 26.0 Å². The lowest BCUT2D eigenvalue weighted by Crippen LogP contribution is -2.06. The van der Waals surface area contributed by atoms with Crippen LogP contribution in [0.5, 0.6) is 11.5 Å². The second-order valence-electron chi connectivity index (χ2n) is 6.11. The van der Waals surface area contributed by atoms with Crippen molar-refractivity contribution >= 4 is 18.0 Å². The topological polar surface area (TPSA) is 66.2 Å². The molecule has 0 saturated carbocycles. The number of aryl methyl sites for hydroxylation is 1. The highest BCUT2D eigenvalue weighted by atomic mass is 32.2. The Morgan fingerprint density at radius 2 is 1.93 bits per heavy atom. The number of carbonyl (C=O) groups is 1. The van der Waals surface area contributed by atoms with E-state index in [0.29, 0.717) is 29.4 Å². The molecule has 1 heterocycles. The maximum atomic E-state index is 11.2. The molecule has 0 radical (unpaired) electrons. The van der Waals surface area contributed by atoms with Crippen molar-refractivity contribution < 1.29 is 14.3 Å². The molecule has 146 valence electrons. The molecule has 0 aliphatic carbocycles. The van der Waals surface area contributed by atoms with Crippen molar-refractivity contribution in [2.45, 2.75) is 25.5 Å². The van der Waals surface area contributed by atoms with E-state index in [1.165, 1.54) is 5.56 Å². The maximum absolute atomic E-state index is 11.2. The predicted octanol–water partition coefficient (Wildman–Crippen LogP) is 4.27. The highest BCUT2D eigenvalue weighted by Crippen LogP contribution is 2.30. The van der Waals surface area contributed by atoms with Gasteiger partial charge in [0.1, 0.15) is 0 Å². The molecule has 0 amide bonds. The number of thioether (sulfide) groups is 1.